The van der Waals surface area contributed by atoms with Crippen molar-refractivity contribution >= 4 is 34.2 Å². The highest BCUT2D eigenvalue weighted by atomic mass is 79.9. The van der Waals surface area contributed by atoms with Crippen molar-refractivity contribution in [2.75, 3.05) is 0 Å². The maximum absolute atomic E-state index is 11.7. The fourth-order valence-electron chi connectivity index (χ4n) is 1.80. The van der Waals surface area contributed by atoms with Crippen molar-refractivity contribution in [1.29, 1.82) is 0 Å². The van der Waals surface area contributed by atoms with E-state index >= 15 is 0 Å². The van der Waals surface area contributed by atoms with Gasteiger partial charge in [0, 0.05) is 10.0 Å². The molecule has 8 heteroatoms. The minimum Gasteiger partial charge on any atom is -0.347 e. The number of nitrogens with two attached hydrogens (primary N) is 1. The molecule has 1 aromatic carbocycles. The van der Waals surface area contributed by atoms with Crippen molar-refractivity contribution in [3.05, 3.63) is 34.6 Å². The van der Waals surface area contributed by atoms with Crippen molar-refractivity contribution in [3.63, 3.8) is 0 Å². The van der Waals surface area contributed by atoms with E-state index < -0.39 is 5.54 Å². The van der Waals surface area contributed by atoms with Crippen LogP contribution in [0.4, 0.5) is 0 Å². The Morgan fingerprint density at radius 2 is 2.05 bits per heavy atom. The van der Waals surface area contributed by atoms with Gasteiger partial charge in [-0.2, -0.15) is 5.10 Å². The molecule has 0 atom stereocenters. The third-order valence-electron chi connectivity index (χ3n) is 3.29. The second-order valence-corrected chi connectivity index (χ2v) is 5.87. The lowest BCUT2D eigenvalue weighted by Crippen LogP contribution is -2.42. The topological polar surface area (TPSA) is 96.7 Å². The molecular formula is C13H15BrClN5O. The summed E-state index contributed by atoms with van der Waals surface area (Å²) >= 11 is 3.38. The van der Waals surface area contributed by atoms with Gasteiger partial charge in [-0.05, 0) is 25.0 Å². The Balaban J connectivity index is 0.00000161. The molecule has 112 valence electrons. The quantitative estimate of drug-likeness (QED) is 0.762. The van der Waals surface area contributed by atoms with E-state index in [1.807, 2.05) is 24.3 Å². The fraction of sp³-hybridized carbons (Fsp3) is 0.308. The highest BCUT2D eigenvalue weighted by Crippen LogP contribution is 2.32. The molecule has 1 aromatic heterocycles. The number of hydrogen-bond acceptors (Lipinski definition) is 4. The van der Waals surface area contributed by atoms with Gasteiger partial charge in [0.2, 0.25) is 5.91 Å². The van der Waals surface area contributed by atoms with Crippen molar-refractivity contribution in [1.82, 2.24) is 20.5 Å². The van der Waals surface area contributed by atoms with Gasteiger partial charge >= 0.3 is 0 Å². The molecule has 21 heavy (non-hydrogen) atoms. The van der Waals surface area contributed by atoms with Crippen LogP contribution in [0.15, 0.2) is 28.7 Å². The first-order valence-electron chi connectivity index (χ1n) is 6.31. The summed E-state index contributed by atoms with van der Waals surface area (Å²) in [6.45, 7) is 0.307. The van der Waals surface area contributed by atoms with E-state index in [0.717, 1.165) is 22.9 Å². The lowest BCUT2D eigenvalue weighted by Gasteiger charge is -2.07. The minimum atomic E-state index is -0.658. The van der Waals surface area contributed by atoms with Gasteiger partial charge in [-0.25, -0.2) is 4.98 Å². The van der Waals surface area contributed by atoms with E-state index in [2.05, 4.69) is 36.4 Å². The number of rotatable bonds is 4. The number of amides is 1. The number of carbonyl (C=O) groups excluding carboxylic acids is 1. The number of H-pyrrole nitrogens is 1. The molecule has 1 heterocycles. The molecule has 0 unspecified atom stereocenters. The Labute approximate surface area is 136 Å². The van der Waals surface area contributed by atoms with Gasteiger partial charge in [-0.1, -0.05) is 28.1 Å². The summed E-state index contributed by atoms with van der Waals surface area (Å²) in [5, 5.41) is 9.73. The number of carbonyl (C=O) groups is 1. The van der Waals surface area contributed by atoms with E-state index in [4.69, 9.17) is 5.73 Å². The second-order valence-electron chi connectivity index (χ2n) is 4.95. The standard InChI is InChI=1S/C13H14BrN5O.ClH/c14-9-3-1-8(2-4-9)11-17-10(18-19-11)7-16-12(20)13(15)5-6-13;/h1-4H,5-7,15H2,(H,16,20)(H,17,18,19);1H. The maximum Gasteiger partial charge on any atom is 0.240 e. The molecule has 0 spiro atoms. The molecule has 1 fully saturated rings. The van der Waals surface area contributed by atoms with E-state index in [1.54, 1.807) is 0 Å². The molecule has 1 amide bonds. The molecule has 0 bridgehead atoms. The zero-order valence-corrected chi connectivity index (χ0v) is 13.5. The van der Waals surface area contributed by atoms with Crippen LogP contribution in [0.5, 0.6) is 0 Å². The van der Waals surface area contributed by atoms with Crippen molar-refractivity contribution in [2.24, 2.45) is 5.73 Å². The van der Waals surface area contributed by atoms with Crippen molar-refractivity contribution in [3.8, 4) is 11.4 Å². The normalized spacial score (nSPS) is 15.1. The van der Waals surface area contributed by atoms with Gasteiger partial charge in [-0.3, -0.25) is 9.89 Å². The van der Waals surface area contributed by atoms with Crippen LogP contribution in [-0.4, -0.2) is 26.6 Å². The van der Waals surface area contributed by atoms with Gasteiger partial charge in [0.05, 0.1) is 12.1 Å². The van der Waals surface area contributed by atoms with Crippen LogP contribution < -0.4 is 11.1 Å². The van der Waals surface area contributed by atoms with Crippen molar-refractivity contribution in [2.45, 2.75) is 24.9 Å². The van der Waals surface area contributed by atoms with E-state index in [9.17, 15) is 4.79 Å². The zero-order chi connectivity index (χ0) is 14.2. The van der Waals surface area contributed by atoms with Crippen LogP contribution >= 0.6 is 28.3 Å². The Morgan fingerprint density at radius 1 is 1.38 bits per heavy atom. The van der Waals surface area contributed by atoms with E-state index in [-0.39, 0.29) is 18.3 Å². The highest BCUT2D eigenvalue weighted by Gasteiger charge is 2.45. The van der Waals surface area contributed by atoms with Crippen LogP contribution in [0.1, 0.15) is 18.7 Å². The maximum atomic E-state index is 11.7. The lowest BCUT2D eigenvalue weighted by molar-refractivity contribution is -0.123. The first-order valence-corrected chi connectivity index (χ1v) is 7.10. The molecule has 3 rings (SSSR count). The minimum absolute atomic E-state index is 0. The Kier molecular flexibility index (Phi) is 4.65. The summed E-state index contributed by atoms with van der Waals surface area (Å²) in [4.78, 5) is 16.1. The lowest BCUT2D eigenvalue weighted by atomic mass is 10.2. The summed E-state index contributed by atoms with van der Waals surface area (Å²) in [6.07, 6.45) is 1.50. The summed E-state index contributed by atoms with van der Waals surface area (Å²) < 4.78 is 1.00. The van der Waals surface area contributed by atoms with Gasteiger partial charge in [0.15, 0.2) is 5.82 Å². The second kappa shape index (κ2) is 6.13. The number of hydrogen-bond donors (Lipinski definition) is 3. The average Bonchev–Trinajstić information content (AvgIpc) is 3.03. The molecule has 6 nitrogen and oxygen atoms in total. The third-order valence-corrected chi connectivity index (χ3v) is 3.82. The molecule has 4 N–H and O–H groups in total. The Hall–Kier alpha value is -1.44. The highest BCUT2D eigenvalue weighted by molar-refractivity contribution is 9.10. The number of halogens is 2. The SMILES string of the molecule is Cl.NC1(C(=O)NCc2nc(-c3ccc(Br)cc3)n[nH]2)CC1. The van der Waals surface area contributed by atoms with Gasteiger partial charge < -0.3 is 11.1 Å². The van der Waals surface area contributed by atoms with Gasteiger partial charge in [0.25, 0.3) is 0 Å². The third kappa shape index (κ3) is 3.61. The Morgan fingerprint density at radius 3 is 2.67 bits per heavy atom. The number of aromatic nitrogens is 3. The first-order chi connectivity index (χ1) is 9.57. The predicted molar refractivity (Wildman–Crippen MR) is 84.8 cm³/mol. The molecule has 0 radical (unpaired) electrons. The molecule has 1 aliphatic carbocycles. The Bertz CT molecular complexity index is 638. The molecule has 1 saturated carbocycles. The molecule has 0 saturated heterocycles. The fourth-order valence-corrected chi connectivity index (χ4v) is 2.07. The van der Waals surface area contributed by atoms with E-state index in [0.29, 0.717) is 18.2 Å². The van der Waals surface area contributed by atoms with Crippen LogP contribution in [0.25, 0.3) is 11.4 Å². The summed E-state index contributed by atoms with van der Waals surface area (Å²) in [5.74, 6) is 1.09. The molecule has 2 aromatic rings. The monoisotopic (exact) mass is 371 g/mol. The van der Waals surface area contributed by atoms with Crippen LogP contribution in [0, 0.1) is 0 Å². The summed E-state index contributed by atoms with van der Waals surface area (Å²) in [7, 11) is 0. The smallest absolute Gasteiger partial charge is 0.240 e. The van der Waals surface area contributed by atoms with Crippen LogP contribution in [0.2, 0.25) is 0 Å². The molecule has 1 aliphatic rings. The van der Waals surface area contributed by atoms with Gasteiger partial charge in [-0.15, -0.1) is 12.4 Å². The zero-order valence-electron chi connectivity index (χ0n) is 11.1. The average molecular weight is 373 g/mol. The number of benzene rings is 1. The largest absolute Gasteiger partial charge is 0.347 e. The summed E-state index contributed by atoms with van der Waals surface area (Å²) in [5.41, 5.74) is 6.06. The van der Waals surface area contributed by atoms with Crippen molar-refractivity contribution < 1.29 is 4.79 Å². The van der Waals surface area contributed by atoms with Crippen LogP contribution in [0.3, 0.4) is 0 Å². The predicted octanol–water partition coefficient (Wildman–Crippen LogP) is 1.76. The number of nitrogens with one attached hydrogen (secondary N) is 2. The number of nitrogens with zero attached hydrogens (tertiary/aromatic N) is 2. The summed E-state index contributed by atoms with van der Waals surface area (Å²) in [6, 6.07) is 7.71. The van der Waals surface area contributed by atoms with E-state index in [1.165, 1.54) is 0 Å². The molecular weight excluding hydrogens is 358 g/mol. The van der Waals surface area contributed by atoms with Crippen LogP contribution in [-0.2, 0) is 11.3 Å². The number of aromatic amines is 1. The first kappa shape index (κ1) is 15.9. The molecule has 0 aliphatic heterocycles. The van der Waals surface area contributed by atoms with Gasteiger partial charge in [0.1, 0.15) is 5.82 Å².